The molecule has 0 spiro atoms. The standard InChI is InChI=1S/C30H44/c1-3-5-6-7-8-10-26-13-17-28(18-14-26)24-30-21-19-29(20-22-30)23-27-15-11-25(9-4-2)12-16-27/h11-18,29-30H,3-10,19-24H2,1-2H3. The molecule has 0 aliphatic heterocycles. The molecule has 0 atom stereocenters. The monoisotopic (exact) mass is 404 g/mol. The Balaban J connectivity index is 1.36. The highest BCUT2D eigenvalue weighted by Crippen LogP contribution is 2.33. The van der Waals surface area contributed by atoms with Crippen LogP contribution in [-0.2, 0) is 25.7 Å². The molecule has 1 aliphatic carbocycles. The fourth-order valence-electron chi connectivity index (χ4n) is 5.21. The first-order valence-corrected chi connectivity index (χ1v) is 12.9. The van der Waals surface area contributed by atoms with Gasteiger partial charge in [0, 0.05) is 0 Å². The summed E-state index contributed by atoms with van der Waals surface area (Å²) < 4.78 is 0. The molecule has 2 aromatic carbocycles. The molecule has 1 aliphatic rings. The average molecular weight is 405 g/mol. The van der Waals surface area contributed by atoms with Crippen LogP contribution in [0.1, 0.15) is 100 Å². The van der Waals surface area contributed by atoms with Crippen molar-refractivity contribution >= 4 is 0 Å². The lowest BCUT2D eigenvalue weighted by Crippen LogP contribution is -2.18. The molecule has 0 radical (unpaired) electrons. The summed E-state index contributed by atoms with van der Waals surface area (Å²) in [5, 5.41) is 0. The number of hydrogen-bond acceptors (Lipinski definition) is 0. The number of benzene rings is 2. The molecule has 0 N–H and O–H groups in total. The SMILES string of the molecule is CCCCCCCc1ccc(CC2CCC(Cc3ccc(CCC)cc3)CC2)cc1. The molecule has 0 bridgehead atoms. The zero-order valence-corrected chi connectivity index (χ0v) is 19.7. The van der Waals surface area contributed by atoms with Gasteiger partial charge in [-0.2, -0.15) is 0 Å². The summed E-state index contributed by atoms with van der Waals surface area (Å²) in [6.45, 7) is 4.55. The van der Waals surface area contributed by atoms with E-state index in [0.717, 1.165) is 11.8 Å². The Morgan fingerprint density at radius 2 is 0.933 bits per heavy atom. The molecule has 0 unspecified atom stereocenters. The van der Waals surface area contributed by atoms with Crippen LogP contribution in [0.3, 0.4) is 0 Å². The fourth-order valence-corrected chi connectivity index (χ4v) is 5.21. The van der Waals surface area contributed by atoms with Gasteiger partial charge < -0.3 is 0 Å². The van der Waals surface area contributed by atoms with Crippen LogP contribution >= 0.6 is 0 Å². The van der Waals surface area contributed by atoms with Crippen molar-refractivity contribution in [1.29, 1.82) is 0 Å². The van der Waals surface area contributed by atoms with Gasteiger partial charge in [-0.3, -0.25) is 0 Å². The summed E-state index contributed by atoms with van der Waals surface area (Å²) in [6.07, 6.45) is 18.8. The first-order valence-electron chi connectivity index (χ1n) is 12.9. The van der Waals surface area contributed by atoms with E-state index in [2.05, 4.69) is 62.4 Å². The molecule has 0 amide bonds. The van der Waals surface area contributed by atoms with Gasteiger partial charge in [0.1, 0.15) is 0 Å². The molecular formula is C30H44. The van der Waals surface area contributed by atoms with E-state index in [9.17, 15) is 0 Å². The molecule has 0 aromatic heterocycles. The Morgan fingerprint density at radius 3 is 1.40 bits per heavy atom. The van der Waals surface area contributed by atoms with Crippen molar-refractivity contribution in [3.05, 3.63) is 70.8 Å². The molecule has 30 heavy (non-hydrogen) atoms. The zero-order chi connectivity index (χ0) is 21.0. The van der Waals surface area contributed by atoms with E-state index in [1.54, 1.807) is 11.1 Å². The van der Waals surface area contributed by atoms with Crippen LogP contribution in [0.15, 0.2) is 48.5 Å². The van der Waals surface area contributed by atoms with Crippen molar-refractivity contribution in [3.63, 3.8) is 0 Å². The molecule has 0 heterocycles. The molecule has 1 saturated carbocycles. The first kappa shape index (κ1) is 23.1. The van der Waals surface area contributed by atoms with Gasteiger partial charge in [-0.15, -0.1) is 0 Å². The summed E-state index contributed by atoms with van der Waals surface area (Å²) in [7, 11) is 0. The fraction of sp³-hybridized carbons (Fsp3) is 0.600. The van der Waals surface area contributed by atoms with Gasteiger partial charge >= 0.3 is 0 Å². The van der Waals surface area contributed by atoms with Crippen LogP contribution in [0, 0.1) is 11.8 Å². The van der Waals surface area contributed by atoms with E-state index < -0.39 is 0 Å². The minimum absolute atomic E-state index is 0.896. The second kappa shape index (κ2) is 13.0. The quantitative estimate of drug-likeness (QED) is 0.310. The van der Waals surface area contributed by atoms with E-state index in [4.69, 9.17) is 0 Å². The second-order valence-electron chi connectivity index (χ2n) is 9.84. The minimum Gasteiger partial charge on any atom is -0.0654 e. The van der Waals surface area contributed by atoms with Crippen molar-refractivity contribution in [3.8, 4) is 0 Å². The first-order chi connectivity index (χ1) is 14.8. The van der Waals surface area contributed by atoms with Gasteiger partial charge in [-0.1, -0.05) is 94.5 Å². The molecule has 0 nitrogen and oxygen atoms in total. The highest BCUT2D eigenvalue weighted by molar-refractivity contribution is 5.24. The lowest BCUT2D eigenvalue weighted by Gasteiger charge is -2.28. The van der Waals surface area contributed by atoms with Crippen LogP contribution in [0.5, 0.6) is 0 Å². The van der Waals surface area contributed by atoms with Crippen molar-refractivity contribution in [2.75, 3.05) is 0 Å². The summed E-state index contributed by atoms with van der Waals surface area (Å²) in [4.78, 5) is 0. The molecule has 0 heteroatoms. The van der Waals surface area contributed by atoms with Crippen LogP contribution in [0.25, 0.3) is 0 Å². The van der Waals surface area contributed by atoms with Crippen molar-refractivity contribution < 1.29 is 0 Å². The summed E-state index contributed by atoms with van der Waals surface area (Å²) in [5.41, 5.74) is 6.12. The van der Waals surface area contributed by atoms with Gasteiger partial charge in [0.05, 0.1) is 0 Å². The van der Waals surface area contributed by atoms with Gasteiger partial charge in [-0.25, -0.2) is 0 Å². The lowest BCUT2D eigenvalue weighted by molar-refractivity contribution is 0.272. The summed E-state index contributed by atoms with van der Waals surface area (Å²) in [5.74, 6) is 1.79. The van der Waals surface area contributed by atoms with Gasteiger partial charge in [0.2, 0.25) is 0 Å². The Morgan fingerprint density at radius 1 is 0.500 bits per heavy atom. The zero-order valence-electron chi connectivity index (χ0n) is 19.7. The van der Waals surface area contributed by atoms with E-state index in [1.165, 1.54) is 101 Å². The largest absolute Gasteiger partial charge is 0.0654 e. The molecule has 1 fully saturated rings. The number of aryl methyl sites for hydroxylation is 2. The summed E-state index contributed by atoms with van der Waals surface area (Å²) >= 11 is 0. The third kappa shape index (κ3) is 7.93. The number of hydrogen-bond donors (Lipinski definition) is 0. The maximum Gasteiger partial charge on any atom is -0.0250 e. The molecule has 164 valence electrons. The van der Waals surface area contributed by atoms with Gasteiger partial charge in [-0.05, 0) is 91.9 Å². The normalized spacial score (nSPS) is 19.1. The van der Waals surface area contributed by atoms with E-state index in [0.29, 0.717) is 0 Å². The van der Waals surface area contributed by atoms with Crippen molar-refractivity contribution in [2.24, 2.45) is 11.8 Å². The molecule has 2 aromatic rings. The van der Waals surface area contributed by atoms with Gasteiger partial charge in [0.25, 0.3) is 0 Å². The topological polar surface area (TPSA) is 0 Å². The lowest BCUT2D eigenvalue weighted by atomic mass is 9.77. The summed E-state index contributed by atoms with van der Waals surface area (Å²) in [6, 6.07) is 19.0. The average Bonchev–Trinajstić information content (AvgIpc) is 2.78. The number of unbranched alkanes of at least 4 members (excludes halogenated alkanes) is 4. The molecular weight excluding hydrogens is 360 g/mol. The highest BCUT2D eigenvalue weighted by atomic mass is 14.3. The predicted octanol–water partition coefficient (Wildman–Crippen LogP) is 8.74. The van der Waals surface area contributed by atoms with Crippen molar-refractivity contribution in [2.45, 2.75) is 104 Å². The van der Waals surface area contributed by atoms with Crippen LogP contribution in [-0.4, -0.2) is 0 Å². The van der Waals surface area contributed by atoms with E-state index >= 15 is 0 Å². The Bertz CT molecular complexity index is 686. The third-order valence-electron chi connectivity index (χ3n) is 7.17. The smallest absolute Gasteiger partial charge is 0.0250 e. The highest BCUT2D eigenvalue weighted by Gasteiger charge is 2.21. The van der Waals surface area contributed by atoms with E-state index in [1.807, 2.05) is 0 Å². The maximum atomic E-state index is 2.41. The molecule has 0 saturated heterocycles. The van der Waals surface area contributed by atoms with Crippen LogP contribution in [0.4, 0.5) is 0 Å². The Kier molecular flexibility index (Phi) is 10.0. The van der Waals surface area contributed by atoms with Crippen LogP contribution < -0.4 is 0 Å². The van der Waals surface area contributed by atoms with E-state index in [-0.39, 0.29) is 0 Å². The predicted molar refractivity (Wildman–Crippen MR) is 132 cm³/mol. The minimum atomic E-state index is 0.896. The molecule has 3 rings (SSSR count). The Hall–Kier alpha value is -1.56. The van der Waals surface area contributed by atoms with Gasteiger partial charge in [0.15, 0.2) is 0 Å². The Labute approximate surface area is 186 Å². The maximum absolute atomic E-state index is 2.41. The second-order valence-corrected chi connectivity index (χ2v) is 9.84. The third-order valence-corrected chi connectivity index (χ3v) is 7.17. The van der Waals surface area contributed by atoms with Crippen molar-refractivity contribution in [1.82, 2.24) is 0 Å². The number of rotatable bonds is 12. The van der Waals surface area contributed by atoms with Crippen LogP contribution in [0.2, 0.25) is 0 Å².